The number of thiophene rings is 1. The molecule has 0 aliphatic carbocycles. The number of rotatable bonds is 6. The summed E-state index contributed by atoms with van der Waals surface area (Å²) in [6.45, 7) is 5.86. The molecule has 0 saturated heterocycles. The van der Waals surface area contributed by atoms with E-state index in [4.69, 9.17) is 0 Å². The van der Waals surface area contributed by atoms with Gasteiger partial charge in [-0.3, -0.25) is 9.89 Å². The normalized spacial score (nSPS) is 12.5. The standard InChI is InChI=1S/C15H18N6OS2/c1-9(2)21-12(6-7-16-21)17-14(22)10(3)24-15-18-13(19-20-15)11-5-4-8-23-11/h4-10H,1-3H3,(H,17,22)(H,18,19,20)/t10-/m0/s1. The van der Waals surface area contributed by atoms with Gasteiger partial charge in [0.1, 0.15) is 5.82 Å². The Morgan fingerprint density at radius 3 is 2.92 bits per heavy atom. The van der Waals surface area contributed by atoms with Gasteiger partial charge in [-0.05, 0) is 32.2 Å². The zero-order valence-electron chi connectivity index (χ0n) is 13.6. The van der Waals surface area contributed by atoms with E-state index in [-0.39, 0.29) is 17.2 Å². The van der Waals surface area contributed by atoms with Crippen molar-refractivity contribution < 1.29 is 4.79 Å². The average Bonchev–Trinajstić information content (AvgIpc) is 3.28. The third-order valence-electron chi connectivity index (χ3n) is 3.28. The zero-order valence-corrected chi connectivity index (χ0v) is 15.2. The lowest BCUT2D eigenvalue weighted by atomic mass is 10.4. The predicted octanol–water partition coefficient (Wildman–Crippen LogP) is 3.43. The molecule has 3 heterocycles. The minimum Gasteiger partial charge on any atom is -0.310 e. The van der Waals surface area contributed by atoms with Crippen LogP contribution in [0.15, 0.2) is 34.9 Å². The fourth-order valence-electron chi connectivity index (χ4n) is 2.09. The van der Waals surface area contributed by atoms with Gasteiger partial charge in [-0.25, -0.2) is 9.67 Å². The summed E-state index contributed by atoms with van der Waals surface area (Å²) in [6.07, 6.45) is 1.68. The van der Waals surface area contributed by atoms with Crippen LogP contribution < -0.4 is 5.32 Å². The summed E-state index contributed by atoms with van der Waals surface area (Å²) in [5.41, 5.74) is 0. The summed E-state index contributed by atoms with van der Waals surface area (Å²) in [7, 11) is 0. The van der Waals surface area contributed by atoms with Crippen molar-refractivity contribution >= 4 is 34.8 Å². The number of thioether (sulfide) groups is 1. The maximum atomic E-state index is 12.4. The van der Waals surface area contributed by atoms with Crippen molar-refractivity contribution in [2.75, 3.05) is 5.32 Å². The second kappa shape index (κ2) is 7.18. The molecule has 1 atom stereocenters. The Bertz CT molecular complexity index is 808. The molecular formula is C15H18N6OS2. The van der Waals surface area contributed by atoms with Crippen molar-refractivity contribution in [1.82, 2.24) is 25.0 Å². The molecule has 1 amide bonds. The zero-order chi connectivity index (χ0) is 17.1. The van der Waals surface area contributed by atoms with Gasteiger partial charge in [0, 0.05) is 12.1 Å². The van der Waals surface area contributed by atoms with Crippen LogP contribution in [0.1, 0.15) is 26.8 Å². The van der Waals surface area contributed by atoms with Gasteiger partial charge in [0.05, 0.1) is 16.3 Å². The molecule has 126 valence electrons. The van der Waals surface area contributed by atoms with E-state index in [2.05, 4.69) is 25.6 Å². The number of nitrogens with zero attached hydrogens (tertiary/aromatic N) is 4. The molecule has 0 unspecified atom stereocenters. The highest BCUT2D eigenvalue weighted by atomic mass is 32.2. The molecule has 3 aromatic rings. The Morgan fingerprint density at radius 1 is 1.38 bits per heavy atom. The van der Waals surface area contributed by atoms with Crippen LogP contribution in [0.25, 0.3) is 10.7 Å². The van der Waals surface area contributed by atoms with Gasteiger partial charge in [0.15, 0.2) is 5.82 Å². The van der Waals surface area contributed by atoms with Gasteiger partial charge in [0.2, 0.25) is 11.1 Å². The number of amides is 1. The third-order valence-corrected chi connectivity index (χ3v) is 5.12. The average molecular weight is 362 g/mol. The monoisotopic (exact) mass is 362 g/mol. The van der Waals surface area contributed by atoms with Crippen molar-refractivity contribution in [3.05, 3.63) is 29.8 Å². The number of nitrogens with one attached hydrogen (secondary N) is 2. The van der Waals surface area contributed by atoms with Crippen LogP contribution in [0, 0.1) is 0 Å². The summed E-state index contributed by atoms with van der Waals surface area (Å²) in [5, 5.41) is 16.4. The first-order valence-corrected chi connectivity index (χ1v) is 9.28. The van der Waals surface area contributed by atoms with Gasteiger partial charge in [-0.15, -0.1) is 16.4 Å². The maximum absolute atomic E-state index is 12.4. The molecule has 3 aromatic heterocycles. The number of carbonyl (C=O) groups excluding carboxylic acids is 1. The Kier molecular flexibility index (Phi) is 5.00. The molecule has 2 N–H and O–H groups in total. The fourth-order valence-corrected chi connectivity index (χ4v) is 3.48. The first kappa shape index (κ1) is 16.7. The van der Waals surface area contributed by atoms with E-state index < -0.39 is 0 Å². The van der Waals surface area contributed by atoms with Crippen molar-refractivity contribution in [1.29, 1.82) is 0 Å². The van der Waals surface area contributed by atoms with E-state index in [9.17, 15) is 4.79 Å². The highest BCUT2D eigenvalue weighted by Gasteiger charge is 2.19. The number of carbonyl (C=O) groups is 1. The first-order valence-electron chi connectivity index (χ1n) is 7.52. The van der Waals surface area contributed by atoms with Gasteiger partial charge in [-0.2, -0.15) is 5.10 Å². The molecule has 0 saturated carbocycles. The fraction of sp³-hybridized carbons (Fsp3) is 0.333. The molecule has 0 spiro atoms. The maximum Gasteiger partial charge on any atom is 0.238 e. The van der Waals surface area contributed by atoms with Crippen LogP contribution in [0.4, 0.5) is 5.82 Å². The molecule has 9 heteroatoms. The van der Waals surface area contributed by atoms with E-state index in [1.165, 1.54) is 11.8 Å². The van der Waals surface area contributed by atoms with Crippen molar-refractivity contribution in [2.24, 2.45) is 0 Å². The molecule has 0 aliphatic rings. The SMILES string of the molecule is CC(C)n1nccc1NC(=O)[C@H](C)Sc1n[nH]c(-c2cccs2)n1. The van der Waals surface area contributed by atoms with Gasteiger partial charge in [0.25, 0.3) is 0 Å². The van der Waals surface area contributed by atoms with Crippen LogP contribution in [-0.4, -0.2) is 36.1 Å². The molecular weight excluding hydrogens is 344 g/mol. The Balaban J connectivity index is 1.63. The molecule has 24 heavy (non-hydrogen) atoms. The highest BCUT2D eigenvalue weighted by molar-refractivity contribution is 8.00. The number of aromatic amines is 1. The summed E-state index contributed by atoms with van der Waals surface area (Å²) in [6, 6.07) is 5.91. The molecule has 0 bridgehead atoms. The first-order chi connectivity index (χ1) is 11.5. The van der Waals surface area contributed by atoms with Crippen molar-refractivity contribution in [3.8, 4) is 10.7 Å². The van der Waals surface area contributed by atoms with Crippen molar-refractivity contribution in [2.45, 2.75) is 37.2 Å². The van der Waals surface area contributed by atoms with Crippen LogP contribution in [-0.2, 0) is 4.79 Å². The molecule has 0 aliphatic heterocycles. The smallest absolute Gasteiger partial charge is 0.238 e. The highest BCUT2D eigenvalue weighted by Crippen LogP contribution is 2.26. The van der Waals surface area contributed by atoms with Crippen LogP contribution in [0.5, 0.6) is 0 Å². The van der Waals surface area contributed by atoms with Crippen LogP contribution in [0.3, 0.4) is 0 Å². The van der Waals surface area contributed by atoms with E-state index in [0.29, 0.717) is 11.0 Å². The number of H-pyrrole nitrogens is 1. The second-order valence-corrected chi connectivity index (χ2v) is 7.70. The predicted molar refractivity (Wildman–Crippen MR) is 96.3 cm³/mol. The summed E-state index contributed by atoms with van der Waals surface area (Å²) in [5.74, 6) is 1.31. The lowest BCUT2D eigenvalue weighted by molar-refractivity contribution is -0.115. The molecule has 3 rings (SSSR count). The number of anilines is 1. The molecule has 0 fully saturated rings. The minimum atomic E-state index is -0.326. The third kappa shape index (κ3) is 3.68. The minimum absolute atomic E-state index is 0.107. The van der Waals surface area contributed by atoms with Gasteiger partial charge >= 0.3 is 0 Å². The Labute approximate surface area is 147 Å². The van der Waals surface area contributed by atoms with E-state index in [1.54, 1.807) is 28.3 Å². The van der Waals surface area contributed by atoms with Gasteiger partial charge < -0.3 is 5.32 Å². The van der Waals surface area contributed by atoms with E-state index in [0.717, 1.165) is 10.7 Å². The number of hydrogen-bond donors (Lipinski definition) is 2. The van der Waals surface area contributed by atoms with Gasteiger partial charge in [-0.1, -0.05) is 17.8 Å². The number of aromatic nitrogens is 5. The molecule has 0 radical (unpaired) electrons. The second-order valence-electron chi connectivity index (χ2n) is 5.45. The Morgan fingerprint density at radius 2 is 2.21 bits per heavy atom. The topological polar surface area (TPSA) is 88.5 Å². The van der Waals surface area contributed by atoms with Crippen molar-refractivity contribution in [3.63, 3.8) is 0 Å². The number of hydrogen-bond acceptors (Lipinski definition) is 6. The van der Waals surface area contributed by atoms with Crippen LogP contribution in [0.2, 0.25) is 0 Å². The summed E-state index contributed by atoms with van der Waals surface area (Å²) < 4.78 is 1.77. The summed E-state index contributed by atoms with van der Waals surface area (Å²) >= 11 is 2.90. The van der Waals surface area contributed by atoms with E-state index >= 15 is 0 Å². The van der Waals surface area contributed by atoms with Crippen LogP contribution >= 0.6 is 23.1 Å². The Hall–Kier alpha value is -2.13. The van der Waals surface area contributed by atoms with E-state index in [1.807, 2.05) is 38.3 Å². The lowest BCUT2D eigenvalue weighted by Gasteiger charge is -2.14. The molecule has 0 aromatic carbocycles. The summed E-state index contributed by atoms with van der Waals surface area (Å²) in [4.78, 5) is 17.8. The molecule has 7 nitrogen and oxygen atoms in total. The lowest BCUT2D eigenvalue weighted by Crippen LogP contribution is -2.24. The quantitative estimate of drug-likeness (QED) is 0.656. The largest absolute Gasteiger partial charge is 0.310 e.